The highest BCUT2D eigenvalue weighted by molar-refractivity contribution is 7.99. The Morgan fingerprint density at radius 1 is 1.29 bits per heavy atom. The van der Waals surface area contributed by atoms with E-state index in [-0.39, 0.29) is 31.5 Å². The van der Waals surface area contributed by atoms with Gasteiger partial charge in [0.2, 0.25) is 0 Å². The van der Waals surface area contributed by atoms with E-state index in [1.807, 2.05) is 6.07 Å². The lowest BCUT2D eigenvalue weighted by molar-refractivity contribution is -0.236. The molecule has 0 radical (unpaired) electrons. The quantitative estimate of drug-likeness (QED) is 0.524. The van der Waals surface area contributed by atoms with Crippen LogP contribution in [0.4, 0.5) is 13.2 Å². The number of ether oxygens (including phenoxy) is 1. The molecule has 2 N–H and O–H groups in total. The summed E-state index contributed by atoms with van der Waals surface area (Å²) >= 11 is 1.66. The van der Waals surface area contributed by atoms with Crippen LogP contribution in [-0.2, 0) is 17.8 Å². The van der Waals surface area contributed by atoms with E-state index >= 15 is 0 Å². The third-order valence-corrected chi connectivity index (χ3v) is 7.12. The minimum absolute atomic E-state index is 0.0153. The fraction of sp³-hybridized carbons (Fsp3) is 0.542. The number of rotatable bonds is 8. The molecule has 1 amide bonds. The van der Waals surface area contributed by atoms with E-state index in [0.29, 0.717) is 37.3 Å². The highest BCUT2D eigenvalue weighted by atomic mass is 32.2. The fourth-order valence-corrected chi connectivity index (χ4v) is 5.08. The number of hydrogen-bond acceptors (Lipinski definition) is 7. The van der Waals surface area contributed by atoms with Gasteiger partial charge in [-0.25, -0.2) is 0 Å². The van der Waals surface area contributed by atoms with Gasteiger partial charge < -0.3 is 15.2 Å². The molecule has 4 heterocycles. The Labute approximate surface area is 206 Å². The number of hydrogen-bond donors (Lipinski definition) is 2. The number of nitrogens with zero attached hydrogens (tertiary/aromatic N) is 3. The van der Waals surface area contributed by atoms with E-state index < -0.39 is 18.3 Å². The standard InChI is InChI=1S/C24H29F3N4O3S/c1-2-35-18-4-5-19(29-9-18)21(13-32)30-23(33)16-7-17-11-31(12-20(17)28-8-16)10-15-3-6-22(34-14-15)24(25,26)27/h4-5,7-9,15,21-22,32H,2-3,6,10-14H2,1H3,(H,30,33)/t15?,21?,22-/m1/s1. The maximum absolute atomic E-state index is 12.9. The first kappa shape index (κ1) is 25.9. The molecular formula is C24H29F3N4O3S. The third kappa shape index (κ3) is 6.52. The molecule has 7 nitrogen and oxygen atoms in total. The minimum Gasteiger partial charge on any atom is -0.394 e. The molecule has 3 atom stereocenters. The zero-order chi connectivity index (χ0) is 25.0. The number of fused-ring (bicyclic) bond motifs is 1. The highest BCUT2D eigenvalue weighted by Crippen LogP contribution is 2.33. The van der Waals surface area contributed by atoms with Gasteiger partial charge in [-0.15, -0.1) is 11.8 Å². The molecular weight excluding hydrogens is 481 g/mol. The number of halogens is 3. The highest BCUT2D eigenvalue weighted by Gasteiger charge is 2.43. The Morgan fingerprint density at radius 2 is 2.11 bits per heavy atom. The molecule has 1 fully saturated rings. The maximum Gasteiger partial charge on any atom is 0.414 e. The van der Waals surface area contributed by atoms with Crippen molar-refractivity contribution in [2.24, 2.45) is 5.92 Å². The summed E-state index contributed by atoms with van der Waals surface area (Å²) in [7, 11) is 0. The van der Waals surface area contributed by atoms with Crippen LogP contribution in [0.15, 0.2) is 35.5 Å². The van der Waals surface area contributed by atoms with Crippen molar-refractivity contribution in [2.45, 2.75) is 56.1 Å². The molecule has 11 heteroatoms. The Balaban J connectivity index is 1.32. The summed E-state index contributed by atoms with van der Waals surface area (Å²) < 4.78 is 43.5. The van der Waals surface area contributed by atoms with Crippen LogP contribution in [0.5, 0.6) is 0 Å². The van der Waals surface area contributed by atoms with Crippen molar-refractivity contribution in [1.82, 2.24) is 20.2 Å². The minimum atomic E-state index is -4.31. The SMILES string of the molecule is CCSc1ccc(C(CO)NC(=O)c2cnc3c(c2)CN(CC2CC[C@H](C(F)(F)F)OC2)C3)nc1. The Bertz CT molecular complexity index is 1010. The molecule has 4 rings (SSSR count). The van der Waals surface area contributed by atoms with Crippen LogP contribution >= 0.6 is 11.8 Å². The smallest absolute Gasteiger partial charge is 0.394 e. The normalized spacial score (nSPS) is 21.5. The Morgan fingerprint density at radius 3 is 2.74 bits per heavy atom. The van der Waals surface area contributed by atoms with Crippen LogP contribution in [0.2, 0.25) is 0 Å². The average molecular weight is 511 g/mol. The molecule has 2 aromatic heterocycles. The second-order valence-electron chi connectivity index (χ2n) is 8.87. The lowest BCUT2D eigenvalue weighted by atomic mass is 9.97. The van der Waals surface area contributed by atoms with Crippen LogP contribution < -0.4 is 5.32 Å². The molecule has 0 aliphatic carbocycles. The predicted octanol–water partition coefficient (Wildman–Crippen LogP) is 3.73. The summed E-state index contributed by atoms with van der Waals surface area (Å²) in [6.45, 7) is 3.63. The van der Waals surface area contributed by atoms with Gasteiger partial charge in [0.05, 0.1) is 36.2 Å². The molecule has 2 aliphatic heterocycles. The van der Waals surface area contributed by atoms with Crippen molar-refractivity contribution >= 4 is 17.7 Å². The van der Waals surface area contributed by atoms with Crippen LogP contribution in [0.25, 0.3) is 0 Å². The van der Waals surface area contributed by atoms with Gasteiger partial charge in [0.1, 0.15) is 0 Å². The molecule has 2 unspecified atom stereocenters. The molecule has 35 heavy (non-hydrogen) atoms. The van der Waals surface area contributed by atoms with E-state index in [2.05, 4.69) is 27.1 Å². The van der Waals surface area contributed by atoms with Crippen molar-refractivity contribution in [3.63, 3.8) is 0 Å². The number of aliphatic hydroxyl groups excluding tert-OH is 1. The lowest BCUT2D eigenvalue weighted by Crippen LogP contribution is -2.40. The summed E-state index contributed by atoms with van der Waals surface area (Å²) in [4.78, 5) is 24.8. The first-order chi connectivity index (χ1) is 16.8. The zero-order valence-electron chi connectivity index (χ0n) is 19.4. The molecule has 2 aliphatic rings. The molecule has 1 saturated heterocycles. The zero-order valence-corrected chi connectivity index (χ0v) is 20.2. The first-order valence-corrected chi connectivity index (χ1v) is 12.6. The van der Waals surface area contributed by atoms with E-state index in [1.54, 1.807) is 30.1 Å². The van der Waals surface area contributed by atoms with Gasteiger partial charge in [-0.05, 0) is 48.3 Å². The van der Waals surface area contributed by atoms with Crippen LogP contribution in [0.3, 0.4) is 0 Å². The van der Waals surface area contributed by atoms with E-state index in [0.717, 1.165) is 21.9 Å². The third-order valence-electron chi connectivity index (χ3n) is 6.26. The monoisotopic (exact) mass is 510 g/mol. The van der Waals surface area contributed by atoms with Gasteiger partial charge in [-0.1, -0.05) is 6.92 Å². The lowest BCUT2D eigenvalue weighted by Gasteiger charge is -2.32. The van der Waals surface area contributed by atoms with Gasteiger partial charge in [0, 0.05) is 36.9 Å². The second-order valence-corrected chi connectivity index (χ2v) is 10.2. The van der Waals surface area contributed by atoms with Crippen molar-refractivity contribution < 1.29 is 27.8 Å². The van der Waals surface area contributed by atoms with E-state index in [4.69, 9.17) is 4.74 Å². The number of pyridine rings is 2. The average Bonchev–Trinajstić information content (AvgIpc) is 3.24. The largest absolute Gasteiger partial charge is 0.414 e. The molecule has 190 valence electrons. The van der Waals surface area contributed by atoms with Crippen LogP contribution in [-0.4, -0.2) is 63.7 Å². The number of carbonyl (C=O) groups is 1. The molecule has 0 bridgehead atoms. The number of aromatic nitrogens is 2. The summed E-state index contributed by atoms with van der Waals surface area (Å²) in [5.41, 5.74) is 2.73. The van der Waals surface area contributed by atoms with Gasteiger partial charge >= 0.3 is 6.18 Å². The van der Waals surface area contributed by atoms with Crippen LogP contribution in [0, 0.1) is 5.92 Å². The van der Waals surface area contributed by atoms with Crippen molar-refractivity contribution in [1.29, 1.82) is 0 Å². The number of carbonyl (C=O) groups excluding carboxylic acids is 1. The fourth-order valence-electron chi connectivity index (χ4n) is 4.46. The van der Waals surface area contributed by atoms with Gasteiger partial charge in [0.25, 0.3) is 5.91 Å². The topological polar surface area (TPSA) is 87.6 Å². The summed E-state index contributed by atoms with van der Waals surface area (Å²) in [6, 6.07) is 4.86. The van der Waals surface area contributed by atoms with Gasteiger partial charge in [-0.3, -0.25) is 19.7 Å². The van der Waals surface area contributed by atoms with E-state index in [1.165, 1.54) is 6.20 Å². The number of aliphatic hydroxyl groups is 1. The maximum atomic E-state index is 12.9. The molecule has 0 spiro atoms. The summed E-state index contributed by atoms with van der Waals surface area (Å²) in [5.74, 6) is 0.604. The van der Waals surface area contributed by atoms with E-state index in [9.17, 15) is 23.1 Å². The van der Waals surface area contributed by atoms with Crippen molar-refractivity contribution in [3.8, 4) is 0 Å². The van der Waals surface area contributed by atoms with Crippen molar-refractivity contribution in [2.75, 3.05) is 25.5 Å². The Hall–Kier alpha value is -2.21. The predicted molar refractivity (Wildman–Crippen MR) is 125 cm³/mol. The van der Waals surface area contributed by atoms with Crippen molar-refractivity contribution in [3.05, 3.63) is 53.1 Å². The Kier molecular flexibility index (Phi) is 8.31. The molecule has 2 aromatic rings. The molecule has 0 aromatic carbocycles. The first-order valence-electron chi connectivity index (χ1n) is 11.7. The summed E-state index contributed by atoms with van der Waals surface area (Å²) in [6.07, 6.45) is -2.28. The number of thioether (sulfide) groups is 1. The number of nitrogens with one attached hydrogen (secondary N) is 1. The number of amides is 1. The summed E-state index contributed by atoms with van der Waals surface area (Å²) in [5, 5.41) is 12.6. The number of alkyl halides is 3. The van der Waals surface area contributed by atoms with Gasteiger partial charge in [0.15, 0.2) is 6.10 Å². The van der Waals surface area contributed by atoms with Crippen LogP contribution in [0.1, 0.15) is 53.1 Å². The second kappa shape index (κ2) is 11.2. The molecule has 0 saturated carbocycles. The van der Waals surface area contributed by atoms with Gasteiger partial charge in [-0.2, -0.15) is 13.2 Å².